The molecule has 4 rings (SSSR count). The highest BCUT2D eigenvalue weighted by molar-refractivity contribution is 6.08. The summed E-state index contributed by atoms with van der Waals surface area (Å²) in [6.07, 6.45) is -0.877. The minimum atomic E-state index is -3.36. The molecule has 1 atom stereocenters. The number of ether oxygens (including phenoxy) is 2. The largest absolute Gasteiger partial charge is 0.487 e. The molecule has 0 bridgehead atoms. The summed E-state index contributed by atoms with van der Waals surface area (Å²) in [5.41, 5.74) is 0.545. The number of likely N-dealkylation sites (tertiary alicyclic amines) is 1. The van der Waals surface area contributed by atoms with Gasteiger partial charge in [-0.05, 0) is 39.3 Å². The smallest absolute Gasteiger partial charge is 0.410 e. The van der Waals surface area contributed by atoms with Crippen LogP contribution in [0.3, 0.4) is 0 Å². The van der Waals surface area contributed by atoms with Gasteiger partial charge in [0.1, 0.15) is 41.4 Å². The number of hydrogen-bond acceptors (Lipinski definition) is 6. The first-order chi connectivity index (χ1) is 17.4. The Balaban J connectivity index is 1.57. The van der Waals surface area contributed by atoms with Gasteiger partial charge in [-0.3, -0.25) is 9.69 Å². The van der Waals surface area contributed by atoms with Gasteiger partial charge in [0.15, 0.2) is 0 Å². The molecule has 2 amide bonds. The molecule has 2 aromatic carbocycles. The van der Waals surface area contributed by atoms with Crippen LogP contribution < -0.4 is 10.1 Å². The molecular weight excluding hydrogens is 484 g/mol. The fourth-order valence-corrected chi connectivity index (χ4v) is 4.10. The molecule has 1 fully saturated rings. The van der Waals surface area contributed by atoms with Gasteiger partial charge in [-0.15, -0.1) is 0 Å². The molecule has 37 heavy (non-hydrogen) atoms. The number of nitrogens with one attached hydrogen (secondary N) is 1. The second kappa shape index (κ2) is 9.73. The predicted molar refractivity (Wildman–Crippen MR) is 130 cm³/mol. The minimum Gasteiger partial charge on any atom is -0.487 e. The molecule has 8 nitrogen and oxygen atoms in total. The number of fused-ring (bicyclic) bond motifs is 1. The summed E-state index contributed by atoms with van der Waals surface area (Å²) in [5, 5.41) is 12.2. The van der Waals surface area contributed by atoms with E-state index in [2.05, 4.69) is 5.32 Å². The number of rotatable bonds is 5. The second-order valence-electron chi connectivity index (χ2n) is 9.91. The molecule has 1 aromatic heterocycles. The standard InChI is InChI=1S/C27H27F2N3O5/c1-16-23(24(33)31-22-13-32(15-27(22,28)29)25(34)37-26(2,3)4)19-11-20(18(12-30)10-21(19)36-16)35-14-17-8-6-5-7-9-17/h5-11,22H,13-15H2,1-4H3,(H,31,33). The quantitative estimate of drug-likeness (QED) is 0.506. The monoisotopic (exact) mass is 511 g/mol. The third-order valence-corrected chi connectivity index (χ3v) is 5.82. The number of amides is 2. The van der Waals surface area contributed by atoms with Crippen molar-refractivity contribution >= 4 is 23.0 Å². The van der Waals surface area contributed by atoms with Crippen molar-refractivity contribution in [3.8, 4) is 11.8 Å². The van der Waals surface area contributed by atoms with E-state index in [0.29, 0.717) is 5.39 Å². The van der Waals surface area contributed by atoms with Crippen LogP contribution in [0.1, 0.15) is 48.0 Å². The van der Waals surface area contributed by atoms with Crippen molar-refractivity contribution in [2.24, 2.45) is 0 Å². The summed E-state index contributed by atoms with van der Waals surface area (Å²) in [6, 6.07) is 12.7. The van der Waals surface area contributed by atoms with Crippen LogP contribution in [0.2, 0.25) is 0 Å². The Morgan fingerprint density at radius 2 is 1.95 bits per heavy atom. The zero-order valence-electron chi connectivity index (χ0n) is 20.9. The van der Waals surface area contributed by atoms with E-state index in [4.69, 9.17) is 13.9 Å². The first-order valence-electron chi connectivity index (χ1n) is 11.7. The molecule has 1 aliphatic rings. The van der Waals surface area contributed by atoms with Crippen molar-refractivity contribution in [2.75, 3.05) is 13.1 Å². The van der Waals surface area contributed by atoms with Crippen molar-refractivity contribution in [1.29, 1.82) is 5.26 Å². The summed E-state index contributed by atoms with van der Waals surface area (Å²) in [6.45, 7) is 5.36. The molecule has 194 valence electrons. The Hall–Kier alpha value is -4.13. The number of alkyl halides is 2. The van der Waals surface area contributed by atoms with E-state index in [1.807, 2.05) is 36.4 Å². The van der Waals surface area contributed by atoms with E-state index in [1.54, 1.807) is 20.8 Å². The van der Waals surface area contributed by atoms with Gasteiger partial charge < -0.3 is 19.2 Å². The van der Waals surface area contributed by atoms with Crippen LogP contribution in [0.25, 0.3) is 11.0 Å². The maximum absolute atomic E-state index is 14.7. The van der Waals surface area contributed by atoms with Gasteiger partial charge in [0.25, 0.3) is 11.8 Å². The predicted octanol–water partition coefficient (Wildman–Crippen LogP) is 5.18. The van der Waals surface area contributed by atoms with E-state index < -0.39 is 42.7 Å². The molecule has 10 heteroatoms. The van der Waals surface area contributed by atoms with Crippen LogP contribution in [0.15, 0.2) is 46.9 Å². The Morgan fingerprint density at radius 1 is 1.24 bits per heavy atom. The number of carbonyl (C=O) groups is 2. The SMILES string of the molecule is Cc1oc2cc(C#N)c(OCc3ccccc3)cc2c1C(=O)NC1CN(C(=O)OC(C)(C)C)CC1(F)F. The molecule has 1 N–H and O–H groups in total. The van der Waals surface area contributed by atoms with Crippen LogP contribution in [-0.2, 0) is 11.3 Å². The average Bonchev–Trinajstić information content (AvgIpc) is 3.30. The Kier molecular flexibility index (Phi) is 6.82. The third kappa shape index (κ3) is 5.66. The second-order valence-corrected chi connectivity index (χ2v) is 9.91. The number of nitrogens with zero attached hydrogens (tertiary/aromatic N) is 2. The van der Waals surface area contributed by atoms with Crippen LogP contribution in [0.4, 0.5) is 13.6 Å². The molecule has 0 saturated carbocycles. The van der Waals surface area contributed by atoms with Gasteiger partial charge in [0.05, 0.1) is 24.2 Å². The first kappa shape index (κ1) is 25.9. The number of halogens is 2. The Labute approximate surface area is 212 Å². The molecule has 1 aliphatic heterocycles. The van der Waals surface area contributed by atoms with Crippen LogP contribution in [0, 0.1) is 18.3 Å². The zero-order valence-corrected chi connectivity index (χ0v) is 20.9. The molecular formula is C27H27F2N3O5. The number of aryl methyl sites for hydroxylation is 1. The fourth-order valence-electron chi connectivity index (χ4n) is 4.10. The topological polar surface area (TPSA) is 105 Å². The highest BCUT2D eigenvalue weighted by Crippen LogP contribution is 2.34. The first-order valence-corrected chi connectivity index (χ1v) is 11.7. The van der Waals surface area contributed by atoms with Gasteiger partial charge in [-0.1, -0.05) is 30.3 Å². The zero-order chi connectivity index (χ0) is 27.0. The highest BCUT2D eigenvalue weighted by atomic mass is 19.3. The summed E-state index contributed by atoms with van der Waals surface area (Å²) in [7, 11) is 0. The van der Waals surface area contributed by atoms with E-state index in [0.717, 1.165) is 10.5 Å². The Bertz CT molecular complexity index is 1370. The number of nitriles is 1. The van der Waals surface area contributed by atoms with Gasteiger partial charge in [-0.2, -0.15) is 5.26 Å². The van der Waals surface area contributed by atoms with E-state index in [-0.39, 0.29) is 34.8 Å². The van der Waals surface area contributed by atoms with Crippen LogP contribution in [0.5, 0.6) is 5.75 Å². The van der Waals surface area contributed by atoms with Crippen molar-refractivity contribution in [3.05, 3.63) is 64.9 Å². The van der Waals surface area contributed by atoms with E-state index >= 15 is 0 Å². The lowest BCUT2D eigenvalue weighted by Crippen LogP contribution is -2.46. The summed E-state index contributed by atoms with van der Waals surface area (Å²) in [5.74, 6) is -3.72. The van der Waals surface area contributed by atoms with Gasteiger partial charge in [0, 0.05) is 11.5 Å². The third-order valence-electron chi connectivity index (χ3n) is 5.82. The Morgan fingerprint density at radius 3 is 2.59 bits per heavy atom. The lowest BCUT2D eigenvalue weighted by molar-refractivity contribution is -0.0153. The van der Waals surface area contributed by atoms with Crippen molar-refractivity contribution in [3.63, 3.8) is 0 Å². The van der Waals surface area contributed by atoms with Crippen molar-refractivity contribution in [1.82, 2.24) is 10.2 Å². The summed E-state index contributed by atoms with van der Waals surface area (Å²) >= 11 is 0. The van der Waals surface area contributed by atoms with Crippen molar-refractivity contribution < 1.29 is 32.3 Å². The lowest BCUT2D eigenvalue weighted by atomic mass is 10.1. The number of hydrogen-bond donors (Lipinski definition) is 1. The van der Waals surface area contributed by atoms with E-state index in [9.17, 15) is 23.6 Å². The number of benzene rings is 2. The van der Waals surface area contributed by atoms with Crippen LogP contribution >= 0.6 is 0 Å². The summed E-state index contributed by atoms with van der Waals surface area (Å²) < 4.78 is 46.2. The normalized spacial score (nSPS) is 16.9. The molecule has 0 spiro atoms. The molecule has 3 aromatic rings. The molecule has 1 unspecified atom stereocenters. The molecule has 2 heterocycles. The van der Waals surface area contributed by atoms with Crippen LogP contribution in [-0.4, -0.2) is 47.6 Å². The number of furan rings is 1. The van der Waals surface area contributed by atoms with E-state index in [1.165, 1.54) is 19.1 Å². The minimum absolute atomic E-state index is 0.0515. The fraction of sp³-hybridized carbons (Fsp3) is 0.370. The maximum Gasteiger partial charge on any atom is 0.410 e. The van der Waals surface area contributed by atoms with Gasteiger partial charge in [-0.25, -0.2) is 13.6 Å². The molecule has 1 saturated heterocycles. The van der Waals surface area contributed by atoms with Gasteiger partial charge >= 0.3 is 6.09 Å². The summed E-state index contributed by atoms with van der Waals surface area (Å²) in [4.78, 5) is 26.4. The van der Waals surface area contributed by atoms with Gasteiger partial charge in [0.2, 0.25) is 0 Å². The molecule has 0 radical (unpaired) electrons. The highest BCUT2D eigenvalue weighted by Gasteiger charge is 2.51. The maximum atomic E-state index is 14.7. The lowest BCUT2D eigenvalue weighted by Gasteiger charge is -2.24. The average molecular weight is 512 g/mol. The molecule has 0 aliphatic carbocycles. The number of carbonyl (C=O) groups excluding carboxylic acids is 2. The van der Waals surface area contributed by atoms with Crippen molar-refractivity contribution in [2.45, 2.75) is 51.9 Å².